The Bertz CT molecular complexity index is 493. The monoisotopic (exact) mass is 280 g/mol. The first-order valence-electron chi connectivity index (χ1n) is 6.97. The summed E-state index contributed by atoms with van der Waals surface area (Å²) in [7, 11) is 1.72. The van der Waals surface area contributed by atoms with Gasteiger partial charge in [0, 0.05) is 26.1 Å². The van der Waals surface area contributed by atoms with Crippen LogP contribution in [-0.2, 0) is 11.2 Å². The normalized spacial score (nSPS) is 20.3. The zero-order chi connectivity index (χ0) is 14.7. The molecule has 1 heterocycles. The van der Waals surface area contributed by atoms with Gasteiger partial charge in [0.1, 0.15) is 0 Å². The molecule has 0 aromatic heterocycles. The van der Waals surface area contributed by atoms with Gasteiger partial charge in [0.2, 0.25) is 0 Å². The second kappa shape index (κ2) is 6.22. The molecule has 0 saturated carbocycles. The molecule has 1 amide bonds. The largest absolute Gasteiger partial charge is 0.477 e. The predicted molar refractivity (Wildman–Crippen MR) is 75.0 cm³/mol. The van der Waals surface area contributed by atoms with Gasteiger partial charge in [0.25, 0.3) is 5.91 Å². The molecule has 1 fully saturated rings. The van der Waals surface area contributed by atoms with E-state index < -0.39 is 11.9 Å². The standard InChI is InChI=1S/C15H21FN2O2/c1-3-11(17)8-10-4-5-13(12(16)9-10)20-14-6-7-18(2)15(14)19/h4-5,9,11,14H,3,6-8,17H2,1-2H3. The van der Waals surface area contributed by atoms with Crippen LogP contribution >= 0.6 is 0 Å². The maximum atomic E-state index is 14.0. The van der Waals surface area contributed by atoms with Crippen molar-refractivity contribution < 1.29 is 13.9 Å². The third-order valence-electron chi connectivity index (χ3n) is 3.67. The van der Waals surface area contributed by atoms with Crippen LogP contribution in [0.1, 0.15) is 25.3 Å². The molecule has 0 aliphatic carbocycles. The third kappa shape index (κ3) is 3.28. The van der Waals surface area contributed by atoms with Gasteiger partial charge in [-0.2, -0.15) is 0 Å². The molecule has 1 aromatic carbocycles. The van der Waals surface area contributed by atoms with Gasteiger partial charge in [-0.1, -0.05) is 13.0 Å². The van der Waals surface area contributed by atoms with E-state index in [9.17, 15) is 9.18 Å². The Morgan fingerprint density at radius 2 is 2.30 bits per heavy atom. The van der Waals surface area contributed by atoms with Gasteiger partial charge < -0.3 is 15.4 Å². The highest BCUT2D eigenvalue weighted by atomic mass is 19.1. The second-order valence-electron chi connectivity index (χ2n) is 5.29. The molecule has 5 heteroatoms. The topological polar surface area (TPSA) is 55.6 Å². The van der Waals surface area contributed by atoms with E-state index in [1.54, 1.807) is 24.1 Å². The number of rotatable bonds is 5. The SMILES string of the molecule is CCC(N)Cc1ccc(OC2CCN(C)C2=O)c(F)c1. The molecule has 1 aromatic rings. The highest BCUT2D eigenvalue weighted by Crippen LogP contribution is 2.23. The number of hydrogen-bond acceptors (Lipinski definition) is 3. The van der Waals surface area contributed by atoms with Gasteiger partial charge in [-0.25, -0.2) is 4.39 Å². The van der Waals surface area contributed by atoms with Crippen molar-refractivity contribution in [2.45, 2.75) is 38.3 Å². The second-order valence-corrected chi connectivity index (χ2v) is 5.29. The lowest BCUT2D eigenvalue weighted by molar-refractivity contribution is -0.132. The van der Waals surface area contributed by atoms with Crippen LogP contribution in [0.25, 0.3) is 0 Å². The molecule has 0 spiro atoms. The first-order valence-corrected chi connectivity index (χ1v) is 6.97. The summed E-state index contributed by atoms with van der Waals surface area (Å²) in [6.45, 7) is 2.65. The summed E-state index contributed by atoms with van der Waals surface area (Å²) in [5, 5.41) is 0. The van der Waals surface area contributed by atoms with Gasteiger partial charge >= 0.3 is 0 Å². The third-order valence-corrected chi connectivity index (χ3v) is 3.67. The van der Waals surface area contributed by atoms with Crippen molar-refractivity contribution in [2.24, 2.45) is 5.73 Å². The summed E-state index contributed by atoms with van der Waals surface area (Å²) in [6.07, 6.45) is 1.51. The van der Waals surface area contributed by atoms with Crippen LogP contribution in [-0.4, -0.2) is 36.5 Å². The fraction of sp³-hybridized carbons (Fsp3) is 0.533. The maximum Gasteiger partial charge on any atom is 0.263 e. The number of carbonyl (C=O) groups is 1. The van der Waals surface area contributed by atoms with E-state index in [4.69, 9.17) is 10.5 Å². The van der Waals surface area contributed by atoms with Crippen molar-refractivity contribution in [3.05, 3.63) is 29.6 Å². The Hall–Kier alpha value is -1.62. The molecule has 110 valence electrons. The highest BCUT2D eigenvalue weighted by molar-refractivity contribution is 5.83. The van der Waals surface area contributed by atoms with E-state index in [2.05, 4.69) is 0 Å². The molecule has 2 N–H and O–H groups in total. The average molecular weight is 280 g/mol. The number of amides is 1. The van der Waals surface area contributed by atoms with Crippen LogP contribution in [0.4, 0.5) is 4.39 Å². The summed E-state index contributed by atoms with van der Waals surface area (Å²) in [4.78, 5) is 13.3. The Labute approximate surface area is 118 Å². The van der Waals surface area contributed by atoms with Gasteiger partial charge in [-0.15, -0.1) is 0 Å². The van der Waals surface area contributed by atoms with Crippen LogP contribution in [0.2, 0.25) is 0 Å². The summed E-state index contributed by atoms with van der Waals surface area (Å²) >= 11 is 0. The molecule has 0 bridgehead atoms. The lowest BCUT2D eigenvalue weighted by atomic mass is 10.0. The van der Waals surface area contributed by atoms with Crippen LogP contribution in [0.3, 0.4) is 0 Å². The zero-order valence-corrected chi connectivity index (χ0v) is 11.9. The Balaban J connectivity index is 2.04. The molecule has 2 rings (SSSR count). The maximum absolute atomic E-state index is 14.0. The first-order chi connectivity index (χ1) is 9.51. The van der Waals surface area contributed by atoms with Crippen molar-refractivity contribution in [3.8, 4) is 5.75 Å². The van der Waals surface area contributed by atoms with Crippen molar-refractivity contribution in [1.82, 2.24) is 4.90 Å². The number of nitrogens with zero attached hydrogens (tertiary/aromatic N) is 1. The number of likely N-dealkylation sites (tertiary alicyclic amines) is 1. The number of nitrogens with two attached hydrogens (primary N) is 1. The Morgan fingerprint density at radius 1 is 1.55 bits per heavy atom. The first kappa shape index (κ1) is 14.8. The number of carbonyl (C=O) groups excluding carboxylic acids is 1. The molecular formula is C15H21FN2O2. The van der Waals surface area contributed by atoms with Crippen LogP contribution < -0.4 is 10.5 Å². The average Bonchev–Trinajstić information content (AvgIpc) is 2.73. The lowest BCUT2D eigenvalue weighted by Gasteiger charge is -2.15. The molecule has 1 aliphatic heterocycles. The minimum Gasteiger partial charge on any atom is -0.477 e. The van der Waals surface area contributed by atoms with Crippen molar-refractivity contribution >= 4 is 5.91 Å². The van der Waals surface area contributed by atoms with Crippen molar-refractivity contribution in [1.29, 1.82) is 0 Å². The molecule has 0 radical (unpaired) electrons. The smallest absolute Gasteiger partial charge is 0.263 e. The van der Waals surface area contributed by atoms with Gasteiger partial charge in [0.05, 0.1) is 0 Å². The summed E-state index contributed by atoms with van der Waals surface area (Å²) in [5.74, 6) is -0.401. The minimum absolute atomic E-state index is 0.0335. The molecule has 2 unspecified atom stereocenters. The van der Waals surface area contributed by atoms with Gasteiger partial charge in [-0.3, -0.25) is 4.79 Å². The molecule has 1 saturated heterocycles. The number of halogens is 1. The zero-order valence-electron chi connectivity index (χ0n) is 11.9. The van der Waals surface area contributed by atoms with E-state index in [0.717, 1.165) is 12.0 Å². The molecular weight excluding hydrogens is 259 g/mol. The van der Waals surface area contributed by atoms with Crippen molar-refractivity contribution in [3.63, 3.8) is 0 Å². The van der Waals surface area contributed by atoms with Crippen LogP contribution in [0.5, 0.6) is 5.75 Å². The quantitative estimate of drug-likeness (QED) is 0.893. The summed E-state index contributed by atoms with van der Waals surface area (Å²) in [6, 6.07) is 4.86. The van der Waals surface area contributed by atoms with Crippen LogP contribution in [0.15, 0.2) is 18.2 Å². The highest BCUT2D eigenvalue weighted by Gasteiger charge is 2.31. The summed E-state index contributed by atoms with van der Waals surface area (Å²) < 4.78 is 19.5. The molecule has 20 heavy (non-hydrogen) atoms. The Kier molecular flexibility index (Phi) is 4.60. The van der Waals surface area contributed by atoms with Crippen LogP contribution in [0, 0.1) is 5.82 Å². The van der Waals surface area contributed by atoms with E-state index in [1.807, 2.05) is 6.92 Å². The molecule has 1 aliphatic rings. The van der Waals surface area contributed by atoms with E-state index >= 15 is 0 Å². The van der Waals surface area contributed by atoms with Gasteiger partial charge in [-0.05, 0) is 30.5 Å². The fourth-order valence-corrected chi connectivity index (χ4v) is 2.27. The summed E-state index contributed by atoms with van der Waals surface area (Å²) in [5.41, 5.74) is 6.70. The van der Waals surface area contributed by atoms with E-state index in [-0.39, 0.29) is 17.7 Å². The predicted octanol–water partition coefficient (Wildman–Crippen LogP) is 1.72. The van der Waals surface area contributed by atoms with Gasteiger partial charge in [0.15, 0.2) is 17.7 Å². The molecule has 4 nitrogen and oxygen atoms in total. The number of hydrogen-bond donors (Lipinski definition) is 1. The van der Waals surface area contributed by atoms with E-state index in [1.165, 1.54) is 6.07 Å². The fourth-order valence-electron chi connectivity index (χ4n) is 2.27. The lowest BCUT2D eigenvalue weighted by Crippen LogP contribution is -2.29. The minimum atomic E-state index is -0.571. The number of likely N-dealkylation sites (N-methyl/N-ethyl adjacent to an activating group) is 1. The number of ether oxygens (including phenoxy) is 1. The van der Waals surface area contributed by atoms with Crippen molar-refractivity contribution in [2.75, 3.05) is 13.6 Å². The Morgan fingerprint density at radius 3 is 2.85 bits per heavy atom. The van der Waals surface area contributed by atoms with E-state index in [0.29, 0.717) is 19.4 Å². The number of benzene rings is 1. The molecule has 2 atom stereocenters.